The number of anilines is 1. The molecular weight excluding hydrogens is 510 g/mol. The van der Waals surface area contributed by atoms with Gasteiger partial charge in [0.15, 0.2) is 4.80 Å². The summed E-state index contributed by atoms with van der Waals surface area (Å²) in [5.74, 6) is 3.44. The van der Waals surface area contributed by atoms with Gasteiger partial charge in [-0.15, -0.1) is 6.42 Å². The van der Waals surface area contributed by atoms with E-state index in [1.54, 1.807) is 30.7 Å². The number of benzene rings is 3. The summed E-state index contributed by atoms with van der Waals surface area (Å²) >= 11 is 1.28. The molecule has 0 radical (unpaired) electrons. The van der Waals surface area contributed by atoms with E-state index >= 15 is 0 Å². The fraction of sp³-hybridized carbons (Fsp3) is 0.129. The first kappa shape index (κ1) is 25.8. The molecule has 0 saturated heterocycles. The van der Waals surface area contributed by atoms with Crippen LogP contribution in [0.4, 0.5) is 5.69 Å². The van der Waals surface area contributed by atoms with Crippen molar-refractivity contribution < 1.29 is 14.3 Å². The van der Waals surface area contributed by atoms with E-state index in [4.69, 9.17) is 15.9 Å². The lowest BCUT2D eigenvalue weighted by molar-refractivity contribution is -0.113. The standard InChI is InChI=1S/C31H25N3O4S/c1-4-18-38-25-14-10-21(11-15-25)19-26-30(36)34-28(22-12-16-24(37-3)17-13-22)27(20(2)32-31(34)39-26)29(35)33-23-8-6-5-7-9-23/h1,5-17,19,28H,18H2,2-3H3,(H,33,35)/b26-19+/t28-/m1/s1. The predicted octanol–water partition coefficient (Wildman–Crippen LogP) is 3.89. The fourth-order valence-corrected chi connectivity index (χ4v) is 5.42. The topological polar surface area (TPSA) is 81.9 Å². The second-order valence-corrected chi connectivity index (χ2v) is 9.75. The van der Waals surface area contributed by atoms with E-state index in [9.17, 15) is 9.59 Å². The number of nitrogens with zero attached hydrogens (tertiary/aromatic N) is 2. The van der Waals surface area contributed by atoms with Crippen LogP contribution in [0, 0.1) is 12.3 Å². The molecule has 1 aliphatic heterocycles. The molecule has 194 valence electrons. The SMILES string of the molecule is C#CCOc1ccc(/C=c2/sc3n(c2=O)[C@H](c2ccc(OC)cc2)C(C(=O)Nc2ccccc2)=C(C)N=3)cc1. The molecule has 0 aliphatic carbocycles. The van der Waals surface area contributed by atoms with Crippen molar-refractivity contribution in [1.29, 1.82) is 0 Å². The first-order chi connectivity index (χ1) is 19.0. The Balaban J connectivity index is 1.60. The number of aromatic nitrogens is 1. The third-order valence-electron chi connectivity index (χ3n) is 6.23. The summed E-state index contributed by atoms with van der Waals surface area (Å²) in [6.07, 6.45) is 7.07. The molecule has 0 spiro atoms. The minimum atomic E-state index is -0.669. The van der Waals surface area contributed by atoms with Crippen LogP contribution in [0.2, 0.25) is 0 Å². The molecule has 5 rings (SSSR count). The maximum absolute atomic E-state index is 13.8. The van der Waals surface area contributed by atoms with Crippen molar-refractivity contribution in [3.63, 3.8) is 0 Å². The summed E-state index contributed by atoms with van der Waals surface area (Å²) in [5, 5.41) is 2.96. The number of hydrogen-bond donors (Lipinski definition) is 1. The molecular formula is C31H25N3O4S. The number of rotatable bonds is 7. The first-order valence-electron chi connectivity index (χ1n) is 12.2. The highest BCUT2D eigenvalue weighted by molar-refractivity contribution is 7.07. The summed E-state index contributed by atoms with van der Waals surface area (Å²) in [6.45, 7) is 1.98. The van der Waals surface area contributed by atoms with Crippen molar-refractivity contribution in [2.45, 2.75) is 13.0 Å². The van der Waals surface area contributed by atoms with Gasteiger partial charge in [0.05, 0.1) is 29.0 Å². The van der Waals surface area contributed by atoms with Gasteiger partial charge in [-0.3, -0.25) is 14.2 Å². The molecule has 8 heteroatoms. The molecule has 39 heavy (non-hydrogen) atoms. The van der Waals surface area contributed by atoms with E-state index in [1.165, 1.54) is 11.3 Å². The van der Waals surface area contributed by atoms with Crippen LogP contribution in [0.5, 0.6) is 11.5 Å². The number of methoxy groups -OCH3 is 1. The maximum atomic E-state index is 13.8. The Morgan fingerprint density at radius 3 is 2.44 bits per heavy atom. The van der Waals surface area contributed by atoms with Crippen molar-refractivity contribution >= 4 is 29.0 Å². The normalized spacial score (nSPS) is 14.7. The van der Waals surface area contributed by atoms with Gasteiger partial charge in [-0.25, -0.2) is 4.99 Å². The average Bonchev–Trinajstić information content (AvgIpc) is 3.26. The van der Waals surface area contributed by atoms with Crippen LogP contribution in [0.3, 0.4) is 0 Å². The second-order valence-electron chi connectivity index (χ2n) is 8.74. The maximum Gasteiger partial charge on any atom is 0.271 e. The summed E-state index contributed by atoms with van der Waals surface area (Å²) < 4.78 is 12.9. The van der Waals surface area contributed by atoms with Gasteiger partial charge in [-0.05, 0) is 60.5 Å². The highest BCUT2D eigenvalue weighted by atomic mass is 32.1. The zero-order valence-corrected chi connectivity index (χ0v) is 22.2. The molecule has 1 N–H and O–H groups in total. The lowest BCUT2D eigenvalue weighted by atomic mass is 9.95. The van der Waals surface area contributed by atoms with Gasteiger partial charge in [-0.1, -0.05) is 59.7 Å². The lowest BCUT2D eigenvalue weighted by Crippen LogP contribution is -2.40. The predicted molar refractivity (Wildman–Crippen MR) is 153 cm³/mol. The van der Waals surface area contributed by atoms with E-state index in [-0.39, 0.29) is 18.1 Å². The number of para-hydroxylation sites is 1. The fourth-order valence-electron chi connectivity index (χ4n) is 4.37. The smallest absolute Gasteiger partial charge is 0.271 e. The number of fused-ring (bicyclic) bond motifs is 1. The summed E-state index contributed by atoms with van der Waals surface area (Å²) in [4.78, 5) is 32.6. The van der Waals surface area contributed by atoms with Crippen molar-refractivity contribution in [1.82, 2.24) is 4.57 Å². The number of ether oxygens (including phenoxy) is 2. The molecule has 1 aromatic heterocycles. The molecule has 1 aliphatic rings. The molecule has 7 nitrogen and oxygen atoms in total. The van der Waals surface area contributed by atoms with Crippen molar-refractivity contribution in [2.75, 3.05) is 19.0 Å². The van der Waals surface area contributed by atoms with Gasteiger partial charge >= 0.3 is 0 Å². The number of terminal acetylenes is 1. The molecule has 4 aromatic rings. The van der Waals surface area contributed by atoms with E-state index in [2.05, 4.69) is 16.2 Å². The zero-order valence-electron chi connectivity index (χ0n) is 21.4. The van der Waals surface area contributed by atoms with Gasteiger partial charge in [-0.2, -0.15) is 0 Å². The van der Waals surface area contributed by atoms with Gasteiger partial charge < -0.3 is 14.8 Å². The van der Waals surface area contributed by atoms with Gasteiger partial charge in [0.2, 0.25) is 0 Å². The summed E-state index contributed by atoms with van der Waals surface area (Å²) in [7, 11) is 1.59. The van der Waals surface area contributed by atoms with Crippen LogP contribution < -0.4 is 29.7 Å². The quantitative estimate of drug-likeness (QED) is 0.364. The van der Waals surface area contributed by atoms with Crippen LogP contribution in [0.15, 0.2) is 99.9 Å². The van der Waals surface area contributed by atoms with Crippen molar-refractivity contribution in [3.05, 3.63) is 121 Å². The van der Waals surface area contributed by atoms with E-state index < -0.39 is 6.04 Å². The van der Waals surface area contributed by atoms with Crippen molar-refractivity contribution in [3.8, 4) is 23.8 Å². The van der Waals surface area contributed by atoms with Gasteiger partial charge in [0.25, 0.3) is 11.5 Å². The van der Waals surface area contributed by atoms with Crippen LogP contribution in [-0.2, 0) is 4.79 Å². The monoisotopic (exact) mass is 535 g/mol. The highest BCUT2D eigenvalue weighted by Gasteiger charge is 2.32. The Bertz CT molecular complexity index is 1760. The van der Waals surface area contributed by atoms with Crippen LogP contribution in [-0.4, -0.2) is 24.2 Å². The molecule has 0 unspecified atom stereocenters. The Morgan fingerprint density at radius 1 is 1.08 bits per heavy atom. The Labute approximate surface area is 229 Å². The van der Waals surface area contributed by atoms with E-state index in [1.807, 2.05) is 72.8 Å². The molecule has 1 atom stereocenters. The number of amides is 1. The van der Waals surface area contributed by atoms with E-state index in [0.29, 0.717) is 37.8 Å². The summed E-state index contributed by atoms with van der Waals surface area (Å²) in [5.41, 5.74) is 2.97. The van der Waals surface area contributed by atoms with Crippen LogP contribution >= 0.6 is 11.3 Å². The first-order valence-corrected chi connectivity index (χ1v) is 13.0. The second kappa shape index (κ2) is 11.3. The molecule has 1 amide bonds. The lowest BCUT2D eigenvalue weighted by Gasteiger charge is -2.25. The van der Waals surface area contributed by atoms with Gasteiger partial charge in [0.1, 0.15) is 18.1 Å². The molecule has 0 bridgehead atoms. The molecule has 0 fully saturated rings. The Hall–Kier alpha value is -4.87. The van der Waals surface area contributed by atoms with Crippen LogP contribution in [0.1, 0.15) is 24.1 Å². The summed E-state index contributed by atoms with van der Waals surface area (Å²) in [6, 6.07) is 23.2. The number of carbonyl (C=O) groups is 1. The Morgan fingerprint density at radius 2 is 1.77 bits per heavy atom. The highest BCUT2D eigenvalue weighted by Crippen LogP contribution is 2.31. The molecule has 2 heterocycles. The number of hydrogen-bond acceptors (Lipinski definition) is 6. The van der Waals surface area contributed by atoms with Crippen molar-refractivity contribution in [2.24, 2.45) is 4.99 Å². The third kappa shape index (κ3) is 5.40. The number of nitrogens with one attached hydrogen (secondary N) is 1. The Kier molecular flexibility index (Phi) is 7.43. The number of thiazole rings is 1. The van der Waals surface area contributed by atoms with Crippen LogP contribution in [0.25, 0.3) is 6.08 Å². The zero-order chi connectivity index (χ0) is 27.4. The molecule has 3 aromatic carbocycles. The largest absolute Gasteiger partial charge is 0.497 e. The van der Waals surface area contributed by atoms with E-state index in [0.717, 1.165) is 11.1 Å². The number of allylic oxidation sites excluding steroid dienone is 1. The minimum absolute atomic E-state index is 0.183. The third-order valence-corrected chi connectivity index (χ3v) is 7.21. The minimum Gasteiger partial charge on any atom is -0.497 e. The van der Waals surface area contributed by atoms with Gasteiger partial charge in [0, 0.05) is 5.69 Å². The average molecular weight is 536 g/mol. The molecule has 0 saturated carbocycles. The number of carbonyl (C=O) groups excluding carboxylic acids is 1.